The highest BCUT2D eigenvalue weighted by Gasteiger charge is 2.15. The molecule has 4 heteroatoms. The minimum atomic E-state index is -1.50. The first-order chi connectivity index (χ1) is 3.62. The molecule has 0 aromatic heterocycles. The van der Waals surface area contributed by atoms with Crippen LogP contribution in [0.2, 0.25) is 0 Å². The maximum absolute atomic E-state index is 9.47. The van der Waals surface area contributed by atoms with Gasteiger partial charge in [-0.3, -0.25) is 0 Å². The van der Waals surface area contributed by atoms with Crippen molar-refractivity contribution in [3.63, 3.8) is 0 Å². The number of hydrogen-bond acceptors (Lipinski definition) is 2. The minimum absolute atomic E-state index is 1.13. The third kappa shape index (κ3) is 2.80. The lowest BCUT2D eigenvalue weighted by atomic mass is 10.6. The summed E-state index contributed by atoms with van der Waals surface area (Å²) >= 11 is 10.5. The predicted molar refractivity (Wildman–Crippen MR) is 32.8 cm³/mol. The molecule has 0 saturated carbocycles. The topological polar surface area (TPSA) is 29.4 Å². The number of halogens is 2. The second kappa shape index (κ2) is 2.88. The summed E-state index contributed by atoms with van der Waals surface area (Å²) in [6.45, 7) is 3.21. The van der Waals surface area contributed by atoms with Crippen LogP contribution in [-0.2, 0) is 4.79 Å². The van der Waals surface area contributed by atoms with Crippen molar-refractivity contribution >= 4 is 29.3 Å². The first-order valence-electron chi connectivity index (χ1n) is 1.73. The molecule has 0 aliphatic carbocycles. The SMILES string of the molecule is C=CC(Cl)(Cl)N=C=O. The Hall–Kier alpha value is -0.300. The van der Waals surface area contributed by atoms with Crippen molar-refractivity contribution in [2.45, 2.75) is 4.46 Å². The summed E-state index contributed by atoms with van der Waals surface area (Å²) in [4.78, 5) is 12.5. The number of carbonyl (C=O) groups excluding carboxylic acids is 1. The highest BCUT2D eigenvalue weighted by atomic mass is 35.5. The smallest absolute Gasteiger partial charge is 0.211 e. The Labute approximate surface area is 56.8 Å². The number of hydrogen-bond donors (Lipinski definition) is 0. The van der Waals surface area contributed by atoms with Crippen molar-refractivity contribution in [3.05, 3.63) is 12.7 Å². The normalized spacial score (nSPS) is 9.75. The fraction of sp³-hybridized carbons (Fsp3) is 0.250. The molecular weight excluding hydrogens is 149 g/mol. The Bertz CT molecular complexity index is 137. The number of alkyl halides is 2. The van der Waals surface area contributed by atoms with Crippen LogP contribution in [-0.4, -0.2) is 10.5 Å². The van der Waals surface area contributed by atoms with Gasteiger partial charge in [0.15, 0.2) is 0 Å². The molecule has 0 amide bonds. The molecule has 0 radical (unpaired) electrons. The highest BCUT2D eigenvalue weighted by molar-refractivity contribution is 6.49. The molecule has 0 unspecified atom stereocenters. The molecule has 0 rings (SSSR count). The van der Waals surface area contributed by atoms with Gasteiger partial charge in [-0.05, 0) is 6.08 Å². The van der Waals surface area contributed by atoms with Gasteiger partial charge in [0.2, 0.25) is 10.5 Å². The molecule has 0 aliphatic heterocycles. The van der Waals surface area contributed by atoms with Crippen molar-refractivity contribution in [3.8, 4) is 0 Å². The zero-order valence-electron chi connectivity index (χ0n) is 3.90. The van der Waals surface area contributed by atoms with E-state index in [1.165, 1.54) is 6.08 Å². The zero-order chi connectivity index (χ0) is 6.62. The summed E-state index contributed by atoms with van der Waals surface area (Å²) in [7, 11) is 0. The molecular formula is C4H3Cl2NO. The number of rotatable bonds is 2. The molecule has 0 bridgehead atoms. The zero-order valence-corrected chi connectivity index (χ0v) is 5.41. The molecule has 0 heterocycles. The van der Waals surface area contributed by atoms with E-state index in [-0.39, 0.29) is 0 Å². The van der Waals surface area contributed by atoms with E-state index in [0.29, 0.717) is 0 Å². The Balaban J connectivity index is 4.11. The fourth-order valence-electron chi connectivity index (χ4n) is 0.106. The molecule has 0 aromatic rings. The lowest BCUT2D eigenvalue weighted by Gasteiger charge is -2.01. The van der Waals surface area contributed by atoms with Crippen molar-refractivity contribution in [2.24, 2.45) is 4.99 Å². The molecule has 44 valence electrons. The summed E-state index contributed by atoms with van der Waals surface area (Å²) in [6.07, 6.45) is 2.32. The second-order valence-electron chi connectivity index (χ2n) is 0.995. The Morgan fingerprint density at radius 3 is 2.38 bits per heavy atom. The molecule has 0 aromatic carbocycles. The molecule has 0 saturated heterocycles. The van der Waals surface area contributed by atoms with Crippen LogP contribution in [0.25, 0.3) is 0 Å². The van der Waals surface area contributed by atoms with Crippen molar-refractivity contribution in [1.29, 1.82) is 0 Å². The van der Waals surface area contributed by atoms with Crippen LogP contribution in [0.5, 0.6) is 0 Å². The standard InChI is InChI=1S/C4H3Cl2NO/c1-2-4(5,6)7-3-8/h2H,1H2. The average molecular weight is 152 g/mol. The van der Waals surface area contributed by atoms with E-state index < -0.39 is 4.46 Å². The summed E-state index contributed by atoms with van der Waals surface area (Å²) in [6, 6.07) is 0. The van der Waals surface area contributed by atoms with Gasteiger partial charge >= 0.3 is 0 Å². The van der Waals surface area contributed by atoms with Crippen LogP contribution >= 0.6 is 23.2 Å². The molecule has 0 aliphatic rings. The molecule has 0 fully saturated rings. The van der Waals surface area contributed by atoms with Crippen LogP contribution < -0.4 is 0 Å². The van der Waals surface area contributed by atoms with Gasteiger partial charge in [0, 0.05) is 0 Å². The van der Waals surface area contributed by atoms with Gasteiger partial charge in [0.05, 0.1) is 0 Å². The van der Waals surface area contributed by atoms with Gasteiger partial charge in [-0.25, -0.2) is 4.79 Å². The van der Waals surface area contributed by atoms with Gasteiger partial charge in [0.1, 0.15) is 0 Å². The van der Waals surface area contributed by atoms with E-state index >= 15 is 0 Å². The van der Waals surface area contributed by atoms with E-state index in [4.69, 9.17) is 23.2 Å². The maximum Gasteiger partial charge on any atom is 0.238 e. The monoisotopic (exact) mass is 151 g/mol. The van der Waals surface area contributed by atoms with Crippen LogP contribution in [0.1, 0.15) is 0 Å². The second-order valence-corrected chi connectivity index (χ2v) is 2.34. The molecule has 0 N–H and O–H groups in total. The van der Waals surface area contributed by atoms with Crippen molar-refractivity contribution < 1.29 is 4.79 Å². The summed E-state index contributed by atoms with van der Waals surface area (Å²) in [5.74, 6) is 0. The third-order valence-electron chi connectivity index (χ3n) is 0.440. The lowest BCUT2D eigenvalue weighted by Crippen LogP contribution is -2.01. The summed E-state index contributed by atoms with van der Waals surface area (Å²) < 4.78 is -1.50. The Kier molecular flexibility index (Phi) is 2.77. The van der Waals surface area contributed by atoms with E-state index in [1.807, 2.05) is 0 Å². The molecule has 0 spiro atoms. The number of nitrogens with zero attached hydrogens (tertiary/aromatic N) is 1. The third-order valence-corrected chi connectivity index (χ3v) is 0.918. The molecule has 8 heavy (non-hydrogen) atoms. The molecule has 0 atom stereocenters. The fourth-order valence-corrected chi connectivity index (χ4v) is 0.176. The predicted octanol–water partition coefficient (Wildman–Crippen LogP) is 1.64. The van der Waals surface area contributed by atoms with Crippen LogP contribution in [0.3, 0.4) is 0 Å². The largest absolute Gasteiger partial charge is 0.238 e. The maximum atomic E-state index is 9.47. The lowest BCUT2D eigenvalue weighted by molar-refractivity contribution is 0.562. The minimum Gasteiger partial charge on any atom is -0.211 e. The van der Waals surface area contributed by atoms with E-state index in [9.17, 15) is 4.79 Å². The van der Waals surface area contributed by atoms with E-state index in [2.05, 4.69) is 11.6 Å². The van der Waals surface area contributed by atoms with Gasteiger partial charge in [-0.15, -0.1) is 0 Å². The highest BCUT2D eigenvalue weighted by Crippen LogP contribution is 2.22. The van der Waals surface area contributed by atoms with Crippen LogP contribution in [0, 0.1) is 0 Å². The van der Waals surface area contributed by atoms with Crippen molar-refractivity contribution in [2.75, 3.05) is 0 Å². The van der Waals surface area contributed by atoms with E-state index in [0.717, 1.165) is 6.08 Å². The van der Waals surface area contributed by atoms with Crippen LogP contribution in [0.15, 0.2) is 17.6 Å². The van der Waals surface area contributed by atoms with Gasteiger partial charge < -0.3 is 0 Å². The summed E-state index contributed by atoms with van der Waals surface area (Å²) in [5.41, 5.74) is 0. The average Bonchev–Trinajstić information content (AvgIpc) is 1.67. The Morgan fingerprint density at radius 1 is 1.75 bits per heavy atom. The van der Waals surface area contributed by atoms with Gasteiger partial charge in [-0.2, -0.15) is 4.99 Å². The van der Waals surface area contributed by atoms with E-state index in [1.54, 1.807) is 0 Å². The number of aliphatic imine (C=N–C) groups is 1. The van der Waals surface area contributed by atoms with Crippen LogP contribution in [0.4, 0.5) is 0 Å². The Morgan fingerprint density at radius 2 is 2.25 bits per heavy atom. The first kappa shape index (κ1) is 7.70. The summed E-state index contributed by atoms with van der Waals surface area (Å²) in [5, 5.41) is 0. The number of isocyanates is 1. The van der Waals surface area contributed by atoms with Gasteiger partial charge in [-0.1, -0.05) is 29.8 Å². The van der Waals surface area contributed by atoms with Crippen molar-refractivity contribution in [1.82, 2.24) is 0 Å². The molecule has 2 nitrogen and oxygen atoms in total. The first-order valence-corrected chi connectivity index (χ1v) is 2.48. The quantitative estimate of drug-likeness (QED) is 0.194. The van der Waals surface area contributed by atoms with Gasteiger partial charge in [0.25, 0.3) is 0 Å².